The molecule has 0 radical (unpaired) electrons. The maximum absolute atomic E-state index is 6.45. The van der Waals surface area contributed by atoms with Crippen LogP contribution in [0.25, 0.3) is 11.3 Å². The van der Waals surface area contributed by atoms with Crippen LogP contribution in [0.4, 0.5) is 0 Å². The highest BCUT2D eigenvalue weighted by Crippen LogP contribution is 2.38. The molecule has 0 N–H and O–H groups in total. The maximum atomic E-state index is 6.45. The molecule has 9 heteroatoms. The number of hydrogen-bond acceptors (Lipinski definition) is 6. The van der Waals surface area contributed by atoms with Gasteiger partial charge in [-0.15, -0.1) is 11.3 Å². The van der Waals surface area contributed by atoms with Crippen LogP contribution in [0, 0.1) is 0 Å². The fraction of sp³-hybridized carbons (Fsp3) is 0.273. The Morgan fingerprint density at radius 1 is 1.00 bits per heavy atom. The van der Waals surface area contributed by atoms with Gasteiger partial charge in [-0.3, -0.25) is 4.99 Å². The van der Waals surface area contributed by atoms with Crippen LogP contribution in [0.2, 0.25) is 10.0 Å². The molecule has 0 bridgehead atoms. The Morgan fingerprint density at radius 2 is 1.68 bits per heavy atom. The van der Waals surface area contributed by atoms with Crippen LogP contribution >= 0.6 is 34.5 Å². The van der Waals surface area contributed by atoms with Crippen LogP contribution in [-0.4, -0.2) is 38.3 Å². The van der Waals surface area contributed by atoms with E-state index in [4.69, 9.17) is 42.5 Å². The summed E-state index contributed by atoms with van der Waals surface area (Å²) in [5.41, 5.74) is 2.34. The summed E-state index contributed by atoms with van der Waals surface area (Å²) in [5.74, 6) is 1.61. The molecule has 1 heterocycles. The van der Waals surface area contributed by atoms with E-state index in [1.165, 1.54) is 11.3 Å². The van der Waals surface area contributed by atoms with Gasteiger partial charge in [-0.25, -0.2) is 4.68 Å². The molecule has 164 valence electrons. The molecule has 31 heavy (non-hydrogen) atoms. The van der Waals surface area contributed by atoms with Crippen molar-refractivity contribution in [3.63, 3.8) is 0 Å². The lowest BCUT2D eigenvalue weighted by Gasteiger charge is -2.12. The van der Waals surface area contributed by atoms with E-state index in [1.807, 2.05) is 37.4 Å². The number of aromatic nitrogens is 1. The molecule has 0 amide bonds. The summed E-state index contributed by atoms with van der Waals surface area (Å²) < 4.78 is 18.0. The van der Waals surface area contributed by atoms with Crippen molar-refractivity contribution < 1.29 is 14.2 Å². The van der Waals surface area contributed by atoms with Crippen LogP contribution in [0.3, 0.4) is 0 Å². The Bertz CT molecular complexity index is 1140. The summed E-state index contributed by atoms with van der Waals surface area (Å²) >= 11 is 14.1. The van der Waals surface area contributed by atoms with Gasteiger partial charge in [0, 0.05) is 27.6 Å². The number of ether oxygens (including phenoxy) is 3. The van der Waals surface area contributed by atoms with Crippen molar-refractivity contribution >= 4 is 40.8 Å². The van der Waals surface area contributed by atoms with Crippen LogP contribution < -0.4 is 19.0 Å². The second kappa shape index (κ2) is 10.2. The normalized spacial score (nSPS) is 12.1. The van der Waals surface area contributed by atoms with Crippen LogP contribution in [0.5, 0.6) is 17.2 Å². The van der Waals surface area contributed by atoms with Crippen molar-refractivity contribution in [1.29, 1.82) is 0 Å². The van der Waals surface area contributed by atoms with E-state index in [9.17, 15) is 0 Å². The van der Waals surface area contributed by atoms with Gasteiger partial charge < -0.3 is 14.2 Å². The van der Waals surface area contributed by atoms with Crippen LogP contribution in [0.1, 0.15) is 19.4 Å². The van der Waals surface area contributed by atoms with E-state index in [-0.39, 0.29) is 6.04 Å². The minimum absolute atomic E-state index is 0.101. The van der Waals surface area contributed by atoms with E-state index >= 15 is 0 Å². The van der Waals surface area contributed by atoms with Crippen molar-refractivity contribution in [3.05, 3.63) is 56.1 Å². The van der Waals surface area contributed by atoms with Gasteiger partial charge in [0.1, 0.15) is 0 Å². The van der Waals surface area contributed by atoms with E-state index in [2.05, 4.69) is 4.99 Å². The topological polar surface area (TPSA) is 57.3 Å². The first-order valence-corrected chi connectivity index (χ1v) is 11.1. The first kappa shape index (κ1) is 23.2. The van der Waals surface area contributed by atoms with E-state index in [0.29, 0.717) is 27.3 Å². The summed E-state index contributed by atoms with van der Waals surface area (Å²) in [5, 5.41) is 7.83. The third-order valence-electron chi connectivity index (χ3n) is 4.27. The molecule has 0 saturated carbocycles. The molecule has 0 aliphatic carbocycles. The number of halogens is 2. The number of methoxy groups -OCH3 is 3. The zero-order chi connectivity index (χ0) is 22.5. The molecule has 0 aliphatic rings. The molecule has 0 unspecified atom stereocenters. The van der Waals surface area contributed by atoms with Gasteiger partial charge in [-0.1, -0.05) is 23.2 Å². The Labute approximate surface area is 195 Å². The van der Waals surface area contributed by atoms with Crippen molar-refractivity contribution in [3.8, 4) is 28.5 Å². The molecular formula is C22H23Cl2N3O3S. The van der Waals surface area contributed by atoms with Crippen molar-refractivity contribution in [2.45, 2.75) is 19.9 Å². The number of benzene rings is 2. The highest BCUT2D eigenvalue weighted by atomic mass is 35.5. The fourth-order valence-electron chi connectivity index (χ4n) is 2.90. The zero-order valence-corrected chi connectivity index (χ0v) is 20.2. The predicted octanol–water partition coefficient (Wildman–Crippen LogP) is 5.74. The van der Waals surface area contributed by atoms with Crippen molar-refractivity contribution in [2.75, 3.05) is 21.3 Å². The minimum Gasteiger partial charge on any atom is -0.493 e. The van der Waals surface area contributed by atoms with Gasteiger partial charge in [-0.2, -0.15) is 5.10 Å². The van der Waals surface area contributed by atoms with E-state index in [0.717, 1.165) is 21.6 Å². The predicted molar refractivity (Wildman–Crippen MR) is 128 cm³/mol. The maximum Gasteiger partial charge on any atom is 0.206 e. The van der Waals surface area contributed by atoms with E-state index < -0.39 is 0 Å². The van der Waals surface area contributed by atoms with Gasteiger partial charge in [0.25, 0.3) is 0 Å². The smallest absolute Gasteiger partial charge is 0.206 e. The van der Waals surface area contributed by atoms with Gasteiger partial charge in [-0.05, 0) is 44.2 Å². The number of nitrogens with zero attached hydrogens (tertiary/aromatic N) is 3. The zero-order valence-electron chi connectivity index (χ0n) is 17.8. The third kappa shape index (κ3) is 5.23. The summed E-state index contributed by atoms with van der Waals surface area (Å²) in [6.07, 6.45) is 1.71. The summed E-state index contributed by atoms with van der Waals surface area (Å²) in [4.78, 5) is 5.43. The minimum atomic E-state index is 0.101. The average Bonchev–Trinajstić information content (AvgIpc) is 3.14. The Hall–Kier alpha value is -2.48. The molecule has 6 nitrogen and oxygen atoms in total. The first-order chi connectivity index (χ1) is 14.9. The van der Waals surface area contributed by atoms with Gasteiger partial charge in [0.05, 0.1) is 38.3 Å². The SMILES string of the molecule is COc1cc(C=Nn2c(-c3cc(Cl)ccc3Cl)csc2=NC(C)C)cc(OC)c1OC. The van der Waals surface area contributed by atoms with Crippen molar-refractivity contribution in [2.24, 2.45) is 10.1 Å². The Balaban J connectivity index is 2.16. The second-order valence-corrected chi connectivity index (χ2v) is 8.45. The van der Waals surface area contributed by atoms with Crippen LogP contribution in [-0.2, 0) is 0 Å². The van der Waals surface area contributed by atoms with Crippen molar-refractivity contribution in [1.82, 2.24) is 4.68 Å². The third-order valence-corrected chi connectivity index (χ3v) is 5.66. The quantitative estimate of drug-likeness (QED) is 0.405. The van der Waals surface area contributed by atoms with Gasteiger partial charge in [0.2, 0.25) is 10.6 Å². The van der Waals surface area contributed by atoms with Gasteiger partial charge >= 0.3 is 0 Å². The summed E-state index contributed by atoms with van der Waals surface area (Å²) in [6, 6.07) is 9.08. The molecule has 3 rings (SSSR count). The Kier molecular flexibility index (Phi) is 7.64. The number of thiazole rings is 1. The lowest BCUT2D eigenvalue weighted by molar-refractivity contribution is 0.324. The second-order valence-electron chi connectivity index (χ2n) is 6.77. The largest absolute Gasteiger partial charge is 0.493 e. The first-order valence-electron chi connectivity index (χ1n) is 9.42. The lowest BCUT2D eigenvalue weighted by Crippen LogP contribution is -2.14. The summed E-state index contributed by atoms with van der Waals surface area (Å²) in [7, 11) is 4.71. The molecular weight excluding hydrogens is 457 g/mol. The molecule has 0 aliphatic heterocycles. The number of rotatable bonds is 7. The molecule has 0 atom stereocenters. The van der Waals surface area contributed by atoms with Gasteiger partial charge in [0.15, 0.2) is 11.5 Å². The molecule has 3 aromatic rings. The summed E-state index contributed by atoms with van der Waals surface area (Å²) in [6.45, 7) is 4.03. The molecule has 2 aromatic carbocycles. The number of hydrogen-bond donors (Lipinski definition) is 0. The average molecular weight is 480 g/mol. The van der Waals surface area contributed by atoms with Crippen LogP contribution in [0.15, 0.2) is 45.8 Å². The molecule has 0 spiro atoms. The molecule has 0 saturated heterocycles. The highest BCUT2D eigenvalue weighted by Gasteiger charge is 2.14. The monoisotopic (exact) mass is 479 g/mol. The fourth-order valence-corrected chi connectivity index (χ4v) is 4.25. The Morgan fingerprint density at radius 3 is 2.26 bits per heavy atom. The molecule has 0 fully saturated rings. The highest BCUT2D eigenvalue weighted by molar-refractivity contribution is 7.07. The molecule has 1 aromatic heterocycles. The standard InChI is InChI=1S/C22H23Cl2N3O3S/c1-13(2)26-22-27(18(12-31-22)16-10-15(23)6-7-17(16)24)25-11-14-8-19(28-3)21(30-5)20(9-14)29-4/h6-13H,1-5H3. The lowest BCUT2D eigenvalue weighted by atomic mass is 10.2. The van der Waals surface area contributed by atoms with E-state index in [1.54, 1.807) is 44.4 Å².